The molecular weight excluding hydrogens is 292 g/mol. The maximum absolute atomic E-state index is 5.63. The first-order valence-electron chi connectivity index (χ1n) is 9.07. The highest BCUT2D eigenvalue weighted by molar-refractivity contribution is 5.26. The molecule has 6 nitrogen and oxygen atoms in total. The summed E-state index contributed by atoms with van der Waals surface area (Å²) < 4.78 is 11.1. The number of piperidine rings is 1. The summed E-state index contributed by atoms with van der Waals surface area (Å²) in [6.45, 7) is 8.80. The quantitative estimate of drug-likeness (QED) is 0.902. The summed E-state index contributed by atoms with van der Waals surface area (Å²) in [5.41, 5.74) is 3.80. The molecule has 1 atom stereocenters. The highest BCUT2D eigenvalue weighted by Crippen LogP contribution is 2.24. The van der Waals surface area contributed by atoms with Crippen molar-refractivity contribution >= 4 is 0 Å². The molecule has 1 aromatic rings. The lowest BCUT2D eigenvalue weighted by Gasteiger charge is -2.39. The molecule has 1 unspecified atom stereocenters. The van der Waals surface area contributed by atoms with Crippen molar-refractivity contribution in [2.24, 2.45) is 0 Å². The summed E-state index contributed by atoms with van der Waals surface area (Å²) in [5, 5.41) is 7.82. The van der Waals surface area contributed by atoms with Crippen LogP contribution >= 0.6 is 0 Å². The van der Waals surface area contributed by atoms with Gasteiger partial charge in [-0.2, -0.15) is 5.10 Å². The van der Waals surface area contributed by atoms with Gasteiger partial charge in [0.2, 0.25) is 0 Å². The lowest BCUT2D eigenvalue weighted by molar-refractivity contribution is 0.0149. The Morgan fingerprint density at radius 2 is 2.00 bits per heavy atom. The number of likely N-dealkylation sites (tertiary alicyclic amines) is 1. The van der Waals surface area contributed by atoms with Crippen molar-refractivity contribution in [3.05, 3.63) is 17.0 Å². The van der Waals surface area contributed by atoms with Crippen molar-refractivity contribution in [3.63, 3.8) is 0 Å². The lowest BCUT2D eigenvalue weighted by atomic mass is 10.00. The standard InChI is InChI=1S/C17H28N4O2/c1-2-5-21(14(3-1)11-20-6-9-22-10-7-20)12-17-15-13-23-8-4-16(15)18-19-17/h14H,1-13H2,(H,18,19). The number of rotatable bonds is 4. The Morgan fingerprint density at radius 1 is 1.09 bits per heavy atom. The van der Waals surface area contributed by atoms with Gasteiger partial charge >= 0.3 is 0 Å². The molecule has 1 aromatic heterocycles. The smallest absolute Gasteiger partial charge is 0.0820 e. The number of ether oxygens (including phenoxy) is 2. The summed E-state index contributed by atoms with van der Waals surface area (Å²) in [7, 11) is 0. The predicted molar refractivity (Wildman–Crippen MR) is 87.3 cm³/mol. The molecule has 4 rings (SSSR count). The molecule has 128 valence electrons. The Morgan fingerprint density at radius 3 is 2.91 bits per heavy atom. The third-order valence-electron chi connectivity index (χ3n) is 5.46. The number of aromatic nitrogens is 2. The van der Waals surface area contributed by atoms with Crippen molar-refractivity contribution in [2.45, 2.75) is 44.9 Å². The van der Waals surface area contributed by atoms with Gasteiger partial charge in [-0.15, -0.1) is 0 Å². The molecule has 2 saturated heterocycles. The van der Waals surface area contributed by atoms with E-state index in [1.165, 1.54) is 49.3 Å². The third kappa shape index (κ3) is 3.60. The highest BCUT2D eigenvalue weighted by Gasteiger charge is 2.27. The monoisotopic (exact) mass is 320 g/mol. The van der Waals surface area contributed by atoms with Crippen molar-refractivity contribution in [1.82, 2.24) is 20.0 Å². The number of nitrogens with zero attached hydrogens (tertiary/aromatic N) is 3. The maximum atomic E-state index is 5.63. The van der Waals surface area contributed by atoms with Gasteiger partial charge in [0.25, 0.3) is 0 Å². The molecule has 2 fully saturated rings. The molecule has 6 heteroatoms. The summed E-state index contributed by atoms with van der Waals surface area (Å²) in [6.07, 6.45) is 4.94. The van der Waals surface area contributed by atoms with Gasteiger partial charge in [0.1, 0.15) is 0 Å². The second-order valence-electron chi connectivity index (χ2n) is 6.96. The maximum Gasteiger partial charge on any atom is 0.0820 e. The molecule has 0 aromatic carbocycles. The van der Waals surface area contributed by atoms with E-state index in [-0.39, 0.29) is 0 Å². The number of aromatic amines is 1. The second kappa shape index (κ2) is 7.30. The van der Waals surface area contributed by atoms with E-state index in [0.717, 1.165) is 52.5 Å². The van der Waals surface area contributed by atoms with Crippen LogP contribution in [-0.4, -0.2) is 72.0 Å². The van der Waals surface area contributed by atoms with Crippen LogP contribution in [0.4, 0.5) is 0 Å². The molecule has 1 N–H and O–H groups in total. The van der Waals surface area contributed by atoms with Crippen LogP contribution in [0.3, 0.4) is 0 Å². The number of hydrogen-bond donors (Lipinski definition) is 1. The molecule has 3 aliphatic heterocycles. The molecule has 0 amide bonds. The van der Waals surface area contributed by atoms with Crippen LogP contribution in [0.5, 0.6) is 0 Å². The van der Waals surface area contributed by atoms with E-state index in [9.17, 15) is 0 Å². The van der Waals surface area contributed by atoms with Crippen LogP contribution in [0.25, 0.3) is 0 Å². The molecule has 4 heterocycles. The Kier molecular flexibility index (Phi) is 4.94. The Hall–Kier alpha value is -0.950. The van der Waals surface area contributed by atoms with Crippen LogP contribution in [-0.2, 0) is 29.0 Å². The van der Waals surface area contributed by atoms with E-state index >= 15 is 0 Å². The Labute approximate surface area is 138 Å². The normalized spacial score (nSPS) is 27.0. The van der Waals surface area contributed by atoms with Gasteiger partial charge in [-0.3, -0.25) is 14.9 Å². The van der Waals surface area contributed by atoms with Crippen molar-refractivity contribution in [1.29, 1.82) is 0 Å². The summed E-state index contributed by atoms with van der Waals surface area (Å²) in [4.78, 5) is 5.21. The number of morpholine rings is 1. The van der Waals surface area contributed by atoms with Crippen molar-refractivity contribution in [2.75, 3.05) is 46.0 Å². The van der Waals surface area contributed by atoms with Gasteiger partial charge in [0.05, 0.1) is 32.1 Å². The Bertz CT molecular complexity index is 513. The molecule has 0 saturated carbocycles. The first-order chi connectivity index (χ1) is 11.4. The van der Waals surface area contributed by atoms with Crippen molar-refractivity contribution < 1.29 is 9.47 Å². The fraction of sp³-hybridized carbons (Fsp3) is 0.824. The first kappa shape index (κ1) is 15.6. The Balaban J connectivity index is 1.42. The SMILES string of the molecule is C1CCN(Cc2n[nH]c3c2COCC3)C(CN2CCOCC2)C1. The number of hydrogen-bond acceptors (Lipinski definition) is 5. The summed E-state index contributed by atoms with van der Waals surface area (Å²) in [6, 6.07) is 0.652. The zero-order valence-electron chi connectivity index (χ0n) is 13.9. The average Bonchev–Trinajstić information content (AvgIpc) is 3.01. The van der Waals surface area contributed by atoms with E-state index in [1.807, 2.05) is 0 Å². The third-order valence-corrected chi connectivity index (χ3v) is 5.46. The largest absolute Gasteiger partial charge is 0.379 e. The fourth-order valence-corrected chi connectivity index (χ4v) is 4.05. The van der Waals surface area contributed by atoms with Crippen LogP contribution < -0.4 is 0 Å². The van der Waals surface area contributed by atoms with Crippen LogP contribution in [0, 0.1) is 0 Å². The molecule has 3 aliphatic rings. The fourth-order valence-electron chi connectivity index (χ4n) is 4.05. The molecule has 23 heavy (non-hydrogen) atoms. The number of nitrogens with one attached hydrogen (secondary N) is 1. The zero-order valence-corrected chi connectivity index (χ0v) is 13.9. The van der Waals surface area contributed by atoms with Gasteiger partial charge in [-0.1, -0.05) is 6.42 Å². The van der Waals surface area contributed by atoms with Gasteiger partial charge in [-0.05, 0) is 19.4 Å². The van der Waals surface area contributed by atoms with E-state index in [2.05, 4.69) is 20.0 Å². The molecule has 0 spiro atoms. The topological polar surface area (TPSA) is 53.6 Å². The summed E-state index contributed by atoms with van der Waals surface area (Å²) >= 11 is 0. The van der Waals surface area contributed by atoms with Gasteiger partial charge < -0.3 is 9.47 Å². The predicted octanol–water partition coefficient (Wildman–Crippen LogP) is 1.17. The second-order valence-corrected chi connectivity index (χ2v) is 6.96. The minimum absolute atomic E-state index is 0.652. The molecular formula is C17H28N4O2. The van der Waals surface area contributed by atoms with E-state index in [0.29, 0.717) is 6.04 Å². The van der Waals surface area contributed by atoms with Gasteiger partial charge in [0.15, 0.2) is 0 Å². The summed E-state index contributed by atoms with van der Waals surface area (Å²) in [5.74, 6) is 0. The average molecular weight is 320 g/mol. The lowest BCUT2D eigenvalue weighted by Crippen LogP contribution is -2.49. The van der Waals surface area contributed by atoms with Crippen LogP contribution in [0.15, 0.2) is 0 Å². The highest BCUT2D eigenvalue weighted by atomic mass is 16.5. The number of fused-ring (bicyclic) bond motifs is 1. The van der Waals surface area contributed by atoms with Gasteiger partial charge in [-0.25, -0.2) is 0 Å². The van der Waals surface area contributed by atoms with E-state index in [1.54, 1.807) is 0 Å². The van der Waals surface area contributed by atoms with Crippen LogP contribution in [0.1, 0.15) is 36.2 Å². The number of H-pyrrole nitrogens is 1. The zero-order chi connectivity index (χ0) is 15.5. The molecule has 0 aliphatic carbocycles. The minimum Gasteiger partial charge on any atom is -0.379 e. The van der Waals surface area contributed by atoms with Gasteiger partial charge in [0, 0.05) is 49.9 Å². The molecule has 0 radical (unpaired) electrons. The molecule has 0 bridgehead atoms. The minimum atomic E-state index is 0.652. The van der Waals surface area contributed by atoms with Crippen molar-refractivity contribution in [3.8, 4) is 0 Å². The van der Waals surface area contributed by atoms with E-state index < -0.39 is 0 Å². The van der Waals surface area contributed by atoms with E-state index in [4.69, 9.17) is 9.47 Å². The van der Waals surface area contributed by atoms with Crippen LogP contribution in [0.2, 0.25) is 0 Å². The first-order valence-corrected chi connectivity index (χ1v) is 9.07.